The minimum absolute atomic E-state index is 0.505. The lowest BCUT2D eigenvalue weighted by atomic mass is 9.88. The van der Waals surface area contributed by atoms with Gasteiger partial charge in [-0.25, -0.2) is 0 Å². The molecular formula is C7H12N2. The van der Waals surface area contributed by atoms with Crippen LogP contribution in [0, 0.1) is 22.2 Å². The summed E-state index contributed by atoms with van der Waals surface area (Å²) in [7, 11) is 0. The molecule has 0 radical (unpaired) electrons. The van der Waals surface area contributed by atoms with Crippen molar-refractivity contribution >= 4 is 5.71 Å². The van der Waals surface area contributed by atoms with Gasteiger partial charge in [-0.05, 0) is 20.3 Å². The molecule has 0 atom stereocenters. The molecule has 50 valence electrons. The van der Waals surface area contributed by atoms with Crippen molar-refractivity contribution in [1.29, 1.82) is 10.7 Å². The topological polar surface area (TPSA) is 47.6 Å². The zero-order valence-electron chi connectivity index (χ0n) is 6.15. The Labute approximate surface area is 56.0 Å². The lowest BCUT2D eigenvalue weighted by Gasteiger charge is -2.14. The van der Waals surface area contributed by atoms with E-state index in [0.29, 0.717) is 12.1 Å². The third-order valence-electron chi connectivity index (χ3n) is 1.39. The van der Waals surface area contributed by atoms with E-state index in [9.17, 15) is 0 Å². The van der Waals surface area contributed by atoms with Crippen LogP contribution in [0.1, 0.15) is 27.2 Å². The summed E-state index contributed by atoms with van der Waals surface area (Å²) in [4.78, 5) is 0. The van der Waals surface area contributed by atoms with Gasteiger partial charge in [-0.3, -0.25) is 0 Å². The highest BCUT2D eigenvalue weighted by molar-refractivity contribution is 5.88. The molecule has 0 fully saturated rings. The van der Waals surface area contributed by atoms with Crippen LogP contribution in [0.5, 0.6) is 0 Å². The Morgan fingerprint density at radius 2 is 2.11 bits per heavy atom. The van der Waals surface area contributed by atoms with E-state index in [2.05, 4.69) is 6.07 Å². The molecule has 0 heterocycles. The molecule has 0 bridgehead atoms. The van der Waals surface area contributed by atoms with Gasteiger partial charge in [-0.15, -0.1) is 0 Å². The van der Waals surface area contributed by atoms with E-state index < -0.39 is 5.41 Å². The molecule has 0 aliphatic heterocycles. The Morgan fingerprint density at radius 1 is 1.67 bits per heavy atom. The third kappa shape index (κ3) is 1.85. The first-order chi connectivity index (χ1) is 4.04. The number of nitrogens with zero attached hydrogens (tertiary/aromatic N) is 1. The summed E-state index contributed by atoms with van der Waals surface area (Å²) < 4.78 is 0. The van der Waals surface area contributed by atoms with Gasteiger partial charge in [0.05, 0.1) is 11.5 Å². The second-order valence-electron chi connectivity index (χ2n) is 2.57. The largest absolute Gasteiger partial charge is 0.308 e. The fourth-order valence-corrected chi connectivity index (χ4v) is 0.509. The quantitative estimate of drug-likeness (QED) is 0.562. The van der Waals surface area contributed by atoms with Gasteiger partial charge in [0, 0.05) is 5.71 Å². The molecule has 9 heavy (non-hydrogen) atoms. The van der Waals surface area contributed by atoms with Gasteiger partial charge in [-0.1, -0.05) is 6.92 Å². The molecule has 0 unspecified atom stereocenters. The van der Waals surface area contributed by atoms with Crippen LogP contribution in [-0.2, 0) is 0 Å². The molecule has 0 aliphatic rings. The Hall–Kier alpha value is -0.840. The summed E-state index contributed by atoms with van der Waals surface area (Å²) in [5, 5.41) is 15.8. The summed E-state index contributed by atoms with van der Waals surface area (Å²) in [6, 6.07) is 2.07. The minimum atomic E-state index is -0.561. The van der Waals surface area contributed by atoms with E-state index in [1.165, 1.54) is 0 Å². The van der Waals surface area contributed by atoms with Crippen molar-refractivity contribution in [2.45, 2.75) is 27.2 Å². The van der Waals surface area contributed by atoms with Gasteiger partial charge in [-0.2, -0.15) is 5.26 Å². The summed E-state index contributed by atoms with van der Waals surface area (Å²) in [5.74, 6) is 0. The SMILES string of the molecule is CCC(=N)C(C)(C)C#N. The van der Waals surface area contributed by atoms with Crippen molar-refractivity contribution in [1.82, 2.24) is 0 Å². The average Bonchev–Trinajstić information content (AvgIpc) is 1.86. The standard InChI is InChI=1S/C7H12N2/c1-4-6(9)7(2,3)5-8/h9H,4H2,1-3H3. The van der Waals surface area contributed by atoms with Gasteiger partial charge >= 0.3 is 0 Å². The molecule has 0 amide bonds. The maximum absolute atomic E-state index is 8.50. The van der Waals surface area contributed by atoms with Gasteiger partial charge in [0.2, 0.25) is 0 Å². The van der Waals surface area contributed by atoms with E-state index >= 15 is 0 Å². The predicted octanol–water partition coefficient (Wildman–Crippen LogP) is 1.97. The summed E-state index contributed by atoms with van der Waals surface area (Å²) >= 11 is 0. The van der Waals surface area contributed by atoms with E-state index in [0.717, 1.165) is 0 Å². The highest BCUT2D eigenvalue weighted by atomic mass is 14.5. The summed E-state index contributed by atoms with van der Waals surface area (Å²) in [6.45, 7) is 5.42. The smallest absolute Gasteiger partial charge is 0.0891 e. The van der Waals surface area contributed by atoms with Crippen molar-refractivity contribution in [3.05, 3.63) is 0 Å². The zero-order valence-corrected chi connectivity index (χ0v) is 6.15. The Balaban J connectivity index is 4.19. The van der Waals surface area contributed by atoms with Crippen molar-refractivity contribution in [3.63, 3.8) is 0 Å². The second-order valence-corrected chi connectivity index (χ2v) is 2.57. The molecule has 2 nitrogen and oxygen atoms in total. The van der Waals surface area contributed by atoms with Crippen molar-refractivity contribution in [2.24, 2.45) is 5.41 Å². The fourth-order valence-electron chi connectivity index (χ4n) is 0.509. The van der Waals surface area contributed by atoms with Crippen molar-refractivity contribution in [2.75, 3.05) is 0 Å². The molecule has 0 rings (SSSR count). The maximum atomic E-state index is 8.50. The molecular weight excluding hydrogens is 112 g/mol. The van der Waals surface area contributed by atoms with Crippen LogP contribution in [0.15, 0.2) is 0 Å². The third-order valence-corrected chi connectivity index (χ3v) is 1.39. The second kappa shape index (κ2) is 2.63. The van der Waals surface area contributed by atoms with Crippen LogP contribution in [0.3, 0.4) is 0 Å². The molecule has 0 saturated carbocycles. The van der Waals surface area contributed by atoms with Crippen LogP contribution in [-0.4, -0.2) is 5.71 Å². The first-order valence-corrected chi connectivity index (χ1v) is 3.03. The monoisotopic (exact) mass is 124 g/mol. The zero-order chi connectivity index (χ0) is 7.49. The highest BCUT2D eigenvalue weighted by Crippen LogP contribution is 2.16. The first-order valence-electron chi connectivity index (χ1n) is 3.03. The minimum Gasteiger partial charge on any atom is -0.308 e. The molecule has 0 aromatic heterocycles. The number of nitrogens with one attached hydrogen (secondary N) is 1. The van der Waals surface area contributed by atoms with Gasteiger partial charge < -0.3 is 5.41 Å². The fraction of sp³-hybridized carbons (Fsp3) is 0.714. The van der Waals surface area contributed by atoms with Crippen LogP contribution in [0.2, 0.25) is 0 Å². The van der Waals surface area contributed by atoms with Crippen LogP contribution in [0.25, 0.3) is 0 Å². The van der Waals surface area contributed by atoms with Crippen LogP contribution < -0.4 is 0 Å². The van der Waals surface area contributed by atoms with E-state index in [1.807, 2.05) is 6.92 Å². The van der Waals surface area contributed by atoms with Gasteiger partial charge in [0.25, 0.3) is 0 Å². The van der Waals surface area contributed by atoms with Gasteiger partial charge in [0.15, 0.2) is 0 Å². The lowest BCUT2D eigenvalue weighted by molar-refractivity contribution is 0.673. The molecule has 2 heteroatoms. The molecule has 1 N–H and O–H groups in total. The number of hydrogen-bond donors (Lipinski definition) is 1. The normalized spacial score (nSPS) is 10.4. The van der Waals surface area contributed by atoms with E-state index in [1.54, 1.807) is 13.8 Å². The highest BCUT2D eigenvalue weighted by Gasteiger charge is 2.20. The Morgan fingerprint density at radius 3 is 2.22 bits per heavy atom. The summed E-state index contributed by atoms with van der Waals surface area (Å²) in [5.41, 5.74) is -0.0561. The Kier molecular flexibility index (Phi) is 2.39. The van der Waals surface area contributed by atoms with Gasteiger partial charge in [0.1, 0.15) is 0 Å². The van der Waals surface area contributed by atoms with Crippen LogP contribution >= 0.6 is 0 Å². The van der Waals surface area contributed by atoms with Crippen LogP contribution in [0.4, 0.5) is 0 Å². The first kappa shape index (κ1) is 8.16. The molecule has 0 aromatic rings. The molecule has 0 aliphatic carbocycles. The lowest BCUT2D eigenvalue weighted by Crippen LogP contribution is -2.19. The van der Waals surface area contributed by atoms with E-state index in [4.69, 9.17) is 10.7 Å². The number of rotatable bonds is 2. The molecule has 0 spiro atoms. The molecule has 0 aromatic carbocycles. The average molecular weight is 124 g/mol. The predicted molar refractivity (Wildman–Crippen MR) is 37.4 cm³/mol. The summed E-state index contributed by atoms with van der Waals surface area (Å²) in [6.07, 6.45) is 0.667. The Bertz CT molecular complexity index is 151. The number of nitriles is 1. The van der Waals surface area contributed by atoms with Crippen molar-refractivity contribution in [3.8, 4) is 6.07 Å². The maximum Gasteiger partial charge on any atom is 0.0891 e. The number of hydrogen-bond acceptors (Lipinski definition) is 2. The van der Waals surface area contributed by atoms with Crippen molar-refractivity contribution < 1.29 is 0 Å². The molecule has 0 saturated heterocycles. The van der Waals surface area contributed by atoms with E-state index in [-0.39, 0.29) is 0 Å².